The Morgan fingerprint density at radius 1 is 1.19 bits per heavy atom. The van der Waals surface area contributed by atoms with Gasteiger partial charge in [-0.25, -0.2) is 8.78 Å². The summed E-state index contributed by atoms with van der Waals surface area (Å²) in [6.07, 6.45) is 8.46. The van der Waals surface area contributed by atoms with Crippen molar-refractivity contribution >= 4 is 29.2 Å². The van der Waals surface area contributed by atoms with Crippen LogP contribution < -0.4 is 16.1 Å². The van der Waals surface area contributed by atoms with E-state index in [9.17, 15) is 8.78 Å². The normalized spacial score (nSPS) is 18.6. The number of halogens is 2. The van der Waals surface area contributed by atoms with Gasteiger partial charge in [-0.15, -0.1) is 0 Å². The molecule has 1 aliphatic heterocycles. The van der Waals surface area contributed by atoms with Crippen molar-refractivity contribution in [3.63, 3.8) is 0 Å². The van der Waals surface area contributed by atoms with Gasteiger partial charge in [-0.05, 0) is 44.0 Å². The lowest BCUT2D eigenvalue weighted by Crippen LogP contribution is -2.47. The van der Waals surface area contributed by atoms with Crippen LogP contribution in [0.3, 0.4) is 0 Å². The Morgan fingerprint density at radius 3 is 2.63 bits per heavy atom. The van der Waals surface area contributed by atoms with E-state index in [0.717, 1.165) is 31.9 Å². The van der Waals surface area contributed by atoms with Crippen molar-refractivity contribution in [2.45, 2.75) is 25.7 Å². The molecule has 0 radical (unpaired) electrons. The van der Waals surface area contributed by atoms with Gasteiger partial charge in [0.05, 0.1) is 11.9 Å². The second-order valence-electron chi connectivity index (χ2n) is 6.93. The number of nitrogens with one attached hydrogen (secondary N) is 1. The van der Waals surface area contributed by atoms with Crippen molar-refractivity contribution in [3.05, 3.63) is 41.0 Å². The fourth-order valence-corrected chi connectivity index (χ4v) is 3.59. The average Bonchev–Trinajstić information content (AvgIpc) is 2.65. The van der Waals surface area contributed by atoms with Gasteiger partial charge in [0.25, 0.3) is 0 Å². The molecule has 146 valence electrons. The number of hydrazone groups is 1. The standard InChI is InChI=1S/C19H25F2N5S/c20-16-11-18(17(21)10-15(16)12-23-24-19(22)27)26-8-6-25(7-9-26)13-14-4-2-1-3-5-14/h4,10-12H,1-3,5-9,13H2,(H3,22,24,27)/b23-12+. The Kier molecular flexibility index (Phi) is 6.73. The molecule has 1 aliphatic carbocycles. The van der Waals surface area contributed by atoms with E-state index in [1.807, 2.05) is 4.90 Å². The summed E-state index contributed by atoms with van der Waals surface area (Å²) in [7, 11) is 0. The number of nitrogens with zero attached hydrogens (tertiary/aromatic N) is 3. The van der Waals surface area contributed by atoms with Crippen LogP contribution in [0.5, 0.6) is 0 Å². The zero-order valence-corrected chi connectivity index (χ0v) is 16.1. The number of rotatable bonds is 5. The van der Waals surface area contributed by atoms with Crippen molar-refractivity contribution in [1.29, 1.82) is 0 Å². The van der Waals surface area contributed by atoms with Crippen molar-refractivity contribution in [2.24, 2.45) is 10.8 Å². The van der Waals surface area contributed by atoms with Crippen LogP contribution in [0.25, 0.3) is 0 Å². The van der Waals surface area contributed by atoms with Crippen LogP contribution in [0, 0.1) is 11.6 Å². The number of thiocarbonyl (C=S) groups is 1. The van der Waals surface area contributed by atoms with Gasteiger partial charge in [-0.1, -0.05) is 11.6 Å². The van der Waals surface area contributed by atoms with Gasteiger partial charge in [-0.2, -0.15) is 5.10 Å². The maximum atomic E-state index is 14.5. The summed E-state index contributed by atoms with van der Waals surface area (Å²) in [6, 6.07) is 2.38. The molecule has 8 heteroatoms. The number of allylic oxidation sites excluding steroid dienone is 1. The lowest BCUT2D eigenvalue weighted by atomic mass is 9.99. The molecule has 1 saturated heterocycles. The van der Waals surface area contributed by atoms with E-state index < -0.39 is 11.6 Å². The Labute approximate surface area is 163 Å². The molecule has 0 spiro atoms. The minimum Gasteiger partial charge on any atom is -0.375 e. The van der Waals surface area contributed by atoms with Crippen molar-refractivity contribution < 1.29 is 8.78 Å². The predicted molar refractivity (Wildman–Crippen MR) is 109 cm³/mol. The van der Waals surface area contributed by atoms with Crippen LogP contribution in [0.4, 0.5) is 14.5 Å². The highest BCUT2D eigenvalue weighted by atomic mass is 32.1. The Bertz CT molecular complexity index is 742. The quantitative estimate of drug-likeness (QED) is 0.349. The van der Waals surface area contributed by atoms with Crippen LogP contribution in [0.1, 0.15) is 31.2 Å². The summed E-state index contributed by atoms with van der Waals surface area (Å²) in [5.41, 5.74) is 9.42. The highest BCUT2D eigenvalue weighted by Gasteiger charge is 2.21. The van der Waals surface area contributed by atoms with E-state index in [4.69, 9.17) is 5.73 Å². The van der Waals surface area contributed by atoms with Crippen LogP contribution in [0.15, 0.2) is 28.9 Å². The minimum absolute atomic E-state index is 0.0365. The fourth-order valence-electron chi connectivity index (χ4n) is 3.54. The first-order chi connectivity index (χ1) is 13.0. The molecule has 3 N–H and O–H groups in total. The van der Waals surface area contributed by atoms with E-state index in [-0.39, 0.29) is 10.7 Å². The number of piperazine rings is 1. The van der Waals surface area contributed by atoms with E-state index in [0.29, 0.717) is 18.8 Å². The molecular weight excluding hydrogens is 368 g/mol. The lowest BCUT2D eigenvalue weighted by molar-refractivity contribution is 0.273. The van der Waals surface area contributed by atoms with E-state index in [1.54, 1.807) is 0 Å². The van der Waals surface area contributed by atoms with Gasteiger partial charge in [-0.3, -0.25) is 10.3 Å². The highest BCUT2D eigenvalue weighted by Crippen LogP contribution is 2.25. The zero-order chi connectivity index (χ0) is 19.2. The summed E-state index contributed by atoms with van der Waals surface area (Å²) in [5, 5.41) is 3.64. The number of benzene rings is 1. The molecule has 0 atom stereocenters. The first-order valence-corrected chi connectivity index (χ1v) is 9.66. The molecule has 0 amide bonds. The molecule has 5 nitrogen and oxygen atoms in total. The topological polar surface area (TPSA) is 56.9 Å². The van der Waals surface area contributed by atoms with Crippen LogP contribution in [0.2, 0.25) is 0 Å². The van der Waals surface area contributed by atoms with Crippen molar-refractivity contribution in [1.82, 2.24) is 10.3 Å². The molecule has 1 heterocycles. The second kappa shape index (κ2) is 9.23. The van der Waals surface area contributed by atoms with Gasteiger partial charge in [0, 0.05) is 44.4 Å². The first kappa shape index (κ1) is 19.7. The molecule has 1 aromatic carbocycles. The summed E-state index contributed by atoms with van der Waals surface area (Å²) in [5.74, 6) is -0.994. The molecule has 0 saturated carbocycles. The maximum Gasteiger partial charge on any atom is 0.184 e. The zero-order valence-electron chi connectivity index (χ0n) is 15.3. The summed E-state index contributed by atoms with van der Waals surface area (Å²) in [4.78, 5) is 4.29. The molecule has 1 fully saturated rings. The van der Waals surface area contributed by atoms with E-state index in [2.05, 4.69) is 33.7 Å². The van der Waals surface area contributed by atoms with Crippen molar-refractivity contribution in [3.8, 4) is 0 Å². The molecular formula is C19H25F2N5S. The largest absolute Gasteiger partial charge is 0.375 e. The van der Waals surface area contributed by atoms with Gasteiger partial charge in [0.15, 0.2) is 5.11 Å². The highest BCUT2D eigenvalue weighted by molar-refractivity contribution is 7.80. The van der Waals surface area contributed by atoms with Gasteiger partial charge in [0.1, 0.15) is 11.6 Å². The smallest absolute Gasteiger partial charge is 0.184 e. The van der Waals surface area contributed by atoms with Crippen LogP contribution >= 0.6 is 12.2 Å². The maximum absolute atomic E-state index is 14.5. The Hall–Kier alpha value is -2.06. The Balaban J connectivity index is 1.60. The van der Waals surface area contributed by atoms with Gasteiger partial charge < -0.3 is 10.6 Å². The average molecular weight is 394 g/mol. The summed E-state index contributed by atoms with van der Waals surface area (Å²) in [6.45, 7) is 4.05. The summed E-state index contributed by atoms with van der Waals surface area (Å²) >= 11 is 4.61. The number of nitrogens with two attached hydrogens (primary N) is 1. The predicted octanol–water partition coefficient (Wildman–Crippen LogP) is 2.75. The van der Waals surface area contributed by atoms with E-state index in [1.165, 1.54) is 37.3 Å². The second-order valence-corrected chi connectivity index (χ2v) is 7.37. The van der Waals surface area contributed by atoms with Crippen LogP contribution in [-0.4, -0.2) is 49.0 Å². The summed E-state index contributed by atoms with van der Waals surface area (Å²) < 4.78 is 28.8. The minimum atomic E-state index is -0.533. The van der Waals surface area contributed by atoms with Gasteiger partial charge in [0.2, 0.25) is 0 Å². The number of hydrogen-bond acceptors (Lipinski definition) is 4. The van der Waals surface area contributed by atoms with E-state index >= 15 is 0 Å². The number of hydrogen-bond donors (Lipinski definition) is 2. The molecule has 2 aliphatic rings. The molecule has 27 heavy (non-hydrogen) atoms. The molecule has 0 aromatic heterocycles. The number of anilines is 1. The molecule has 0 unspecified atom stereocenters. The fraction of sp³-hybridized carbons (Fsp3) is 0.474. The first-order valence-electron chi connectivity index (χ1n) is 9.25. The van der Waals surface area contributed by atoms with Gasteiger partial charge >= 0.3 is 0 Å². The van der Waals surface area contributed by atoms with Crippen molar-refractivity contribution in [2.75, 3.05) is 37.6 Å². The third-order valence-electron chi connectivity index (χ3n) is 4.97. The third-order valence-corrected chi connectivity index (χ3v) is 5.06. The Morgan fingerprint density at radius 2 is 1.96 bits per heavy atom. The molecule has 1 aromatic rings. The monoisotopic (exact) mass is 393 g/mol. The third kappa shape index (κ3) is 5.46. The lowest BCUT2D eigenvalue weighted by Gasteiger charge is -2.37. The molecule has 3 rings (SSSR count). The molecule has 0 bridgehead atoms. The SMILES string of the molecule is NC(=S)N/N=C/c1cc(F)c(N2CCN(CC3=CCCCC3)CC2)cc1F. The van der Waals surface area contributed by atoms with Crippen LogP contribution in [-0.2, 0) is 0 Å².